The van der Waals surface area contributed by atoms with E-state index in [1.54, 1.807) is 6.20 Å². The Bertz CT molecular complexity index is 693. The third kappa shape index (κ3) is 1.73. The molecular formula is C12H7BrClN3. The number of hydrogen-bond donors (Lipinski definition) is 0. The SMILES string of the molecule is Clc1ccccc1-c1nc(Br)c2ncccn12. The maximum atomic E-state index is 6.18. The van der Waals surface area contributed by atoms with Crippen molar-refractivity contribution >= 4 is 33.2 Å². The lowest BCUT2D eigenvalue weighted by Gasteiger charge is -2.02. The van der Waals surface area contributed by atoms with Crippen molar-refractivity contribution < 1.29 is 0 Å². The second kappa shape index (κ2) is 4.13. The molecule has 0 atom stereocenters. The first-order valence-electron chi connectivity index (χ1n) is 5.01. The molecule has 2 heterocycles. The van der Waals surface area contributed by atoms with Crippen LogP contribution in [0.3, 0.4) is 0 Å². The molecular weight excluding hydrogens is 302 g/mol. The van der Waals surface area contributed by atoms with Crippen molar-refractivity contribution in [3.8, 4) is 11.4 Å². The Morgan fingerprint density at radius 1 is 1.18 bits per heavy atom. The van der Waals surface area contributed by atoms with Gasteiger partial charge < -0.3 is 0 Å². The summed E-state index contributed by atoms with van der Waals surface area (Å²) in [7, 11) is 0. The van der Waals surface area contributed by atoms with Gasteiger partial charge in [-0.25, -0.2) is 9.97 Å². The van der Waals surface area contributed by atoms with Crippen molar-refractivity contribution in [1.82, 2.24) is 14.4 Å². The Labute approximate surface area is 111 Å². The van der Waals surface area contributed by atoms with E-state index in [4.69, 9.17) is 11.6 Å². The summed E-state index contributed by atoms with van der Waals surface area (Å²) in [5, 5.41) is 0.677. The minimum Gasteiger partial charge on any atom is -0.283 e. The Hall–Kier alpha value is -1.39. The molecule has 0 unspecified atom stereocenters. The van der Waals surface area contributed by atoms with Crippen molar-refractivity contribution in [2.75, 3.05) is 0 Å². The molecule has 0 aliphatic rings. The van der Waals surface area contributed by atoms with Crippen molar-refractivity contribution in [1.29, 1.82) is 0 Å². The van der Waals surface area contributed by atoms with Gasteiger partial charge in [-0.15, -0.1) is 0 Å². The summed E-state index contributed by atoms with van der Waals surface area (Å²) in [5.41, 5.74) is 1.67. The molecule has 0 N–H and O–H groups in total. The van der Waals surface area contributed by atoms with Crippen molar-refractivity contribution in [3.05, 3.63) is 52.4 Å². The number of rotatable bonds is 1. The van der Waals surface area contributed by atoms with Gasteiger partial charge in [0.15, 0.2) is 10.3 Å². The van der Waals surface area contributed by atoms with Crippen LogP contribution in [0, 0.1) is 0 Å². The van der Waals surface area contributed by atoms with Gasteiger partial charge in [-0.05, 0) is 34.1 Å². The number of imidazole rings is 1. The standard InChI is InChI=1S/C12H7BrClN3/c13-10-12-15-6-3-7-17(12)11(16-10)8-4-1-2-5-9(8)14/h1-7H. The Morgan fingerprint density at radius 3 is 2.82 bits per heavy atom. The van der Waals surface area contributed by atoms with Gasteiger partial charge in [0.05, 0.1) is 5.02 Å². The number of nitrogens with zero attached hydrogens (tertiary/aromatic N) is 3. The lowest BCUT2D eigenvalue weighted by molar-refractivity contribution is 1.12. The van der Waals surface area contributed by atoms with Gasteiger partial charge in [-0.1, -0.05) is 23.7 Å². The Morgan fingerprint density at radius 2 is 2.00 bits per heavy atom. The highest BCUT2D eigenvalue weighted by Gasteiger charge is 2.13. The Balaban J connectivity index is 2.35. The second-order valence-electron chi connectivity index (χ2n) is 3.52. The van der Waals surface area contributed by atoms with Crippen LogP contribution in [-0.4, -0.2) is 14.4 Å². The first-order chi connectivity index (χ1) is 8.27. The third-order valence-electron chi connectivity index (χ3n) is 2.48. The molecule has 0 fully saturated rings. The molecule has 5 heteroatoms. The number of benzene rings is 1. The first-order valence-corrected chi connectivity index (χ1v) is 6.18. The minimum atomic E-state index is 0.677. The van der Waals surface area contributed by atoms with E-state index in [1.165, 1.54) is 0 Å². The summed E-state index contributed by atoms with van der Waals surface area (Å²) in [6.45, 7) is 0. The molecule has 17 heavy (non-hydrogen) atoms. The second-order valence-corrected chi connectivity index (χ2v) is 4.68. The van der Waals surface area contributed by atoms with Crippen LogP contribution >= 0.6 is 27.5 Å². The summed E-state index contributed by atoms with van der Waals surface area (Å²) in [6.07, 6.45) is 3.65. The van der Waals surface area contributed by atoms with Gasteiger partial charge in [0.25, 0.3) is 0 Å². The molecule has 3 aromatic rings. The van der Waals surface area contributed by atoms with E-state index in [-0.39, 0.29) is 0 Å². The van der Waals surface area contributed by atoms with Crippen LogP contribution in [0.25, 0.3) is 17.0 Å². The Kier molecular flexibility index (Phi) is 2.61. The van der Waals surface area contributed by atoms with Gasteiger partial charge in [0.2, 0.25) is 0 Å². The fraction of sp³-hybridized carbons (Fsp3) is 0. The predicted molar refractivity (Wildman–Crippen MR) is 71.1 cm³/mol. The van der Waals surface area contributed by atoms with E-state index in [0.29, 0.717) is 9.63 Å². The van der Waals surface area contributed by atoms with E-state index in [0.717, 1.165) is 17.0 Å². The summed E-state index contributed by atoms with van der Waals surface area (Å²) < 4.78 is 2.62. The minimum absolute atomic E-state index is 0.677. The molecule has 0 radical (unpaired) electrons. The molecule has 2 aromatic heterocycles. The maximum absolute atomic E-state index is 6.18. The number of halogens is 2. The molecule has 0 aliphatic heterocycles. The van der Waals surface area contributed by atoms with Crippen LogP contribution in [0.1, 0.15) is 0 Å². The monoisotopic (exact) mass is 307 g/mol. The van der Waals surface area contributed by atoms with Crippen LogP contribution in [0.2, 0.25) is 5.02 Å². The molecule has 3 rings (SSSR count). The van der Waals surface area contributed by atoms with E-state index in [1.807, 2.05) is 40.9 Å². The molecule has 0 saturated heterocycles. The third-order valence-corrected chi connectivity index (χ3v) is 3.34. The fourth-order valence-electron chi connectivity index (χ4n) is 1.72. The zero-order chi connectivity index (χ0) is 11.8. The van der Waals surface area contributed by atoms with Gasteiger partial charge in [0, 0.05) is 18.0 Å². The van der Waals surface area contributed by atoms with Gasteiger partial charge >= 0.3 is 0 Å². The molecule has 84 valence electrons. The van der Waals surface area contributed by atoms with Crippen molar-refractivity contribution in [2.24, 2.45) is 0 Å². The average molecular weight is 309 g/mol. The van der Waals surface area contributed by atoms with Crippen LogP contribution in [0.5, 0.6) is 0 Å². The summed E-state index contributed by atoms with van der Waals surface area (Å²) in [5.74, 6) is 0.783. The van der Waals surface area contributed by atoms with Gasteiger partial charge in [-0.2, -0.15) is 0 Å². The van der Waals surface area contributed by atoms with Crippen LogP contribution in [0.15, 0.2) is 47.3 Å². The maximum Gasteiger partial charge on any atom is 0.171 e. The highest BCUT2D eigenvalue weighted by Crippen LogP contribution is 2.29. The molecule has 0 aliphatic carbocycles. The number of hydrogen-bond acceptors (Lipinski definition) is 2. The van der Waals surface area contributed by atoms with E-state index < -0.39 is 0 Å². The lowest BCUT2D eigenvalue weighted by Crippen LogP contribution is -1.90. The smallest absolute Gasteiger partial charge is 0.171 e. The largest absolute Gasteiger partial charge is 0.283 e. The highest BCUT2D eigenvalue weighted by molar-refractivity contribution is 9.10. The molecule has 0 saturated carbocycles. The fourth-order valence-corrected chi connectivity index (χ4v) is 2.41. The average Bonchev–Trinajstić information content (AvgIpc) is 2.68. The topological polar surface area (TPSA) is 30.2 Å². The van der Waals surface area contributed by atoms with Crippen molar-refractivity contribution in [3.63, 3.8) is 0 Å². The molecule has 0 amide bonds. The molecule has 3 nitrogen and oxygen atoms in total. The lowest BCUT2D eigenvalue weighted by atomic mass is 10.2. The van der Waals surface area contributed by atoms with Crippen LogP contribution < -0.4 is 0 Å². The quantitative estimate of drug-likeness (QED) is 0.684. The van der Waals surface area contributed by atoms with Gasteiger partial charge in [0.1, 0.15) is 5.82 Å². The zero-order valence-electron chi connectivity index (χ0n) is 8.64. The summed E-state index contributed by atoms with van der Waals surface area (Å²) in [4.78, 5) is 8.72. The van der Waals surface area contributed by atoms with Crippen molar-refractivity contribution in [2.45, 2.75) is 0 Å². The van der Waals surface area contributed by atoms with Crippen LogP contribution in [0.4, 0.5) is 0 Å². The number of fused-ring (bicyclic) bond motifs is 1. The normalized spacial score (nSPS) is 10.9. The van der Waals surface area contributed by atoms with Gasteiger partial charge in [-0.3, -0.25) is 4.40 Å². The molecule has 0 spiro atoms. The highest BCUT2D eigenvalue weighted by atomic mass is 79.9. The van der Waals surface area contributed by atoms with E-state index in [9.17, 15) is 0 Å². The summed E-state index contributed by atoms with van der Waals surface area (Å²) >= 11 is 9.58. The summed E-state index contributed by atoms with van der Waals surface area (Å²) in [6, 6.07) is 9.49. The zero-order valence-corrected chi connectivity index (χ0v) is 11.0. The first kappa shape index (κ1) is 10.7. The van der Waals surface area contributed by atoms with E-state index >= 15 is 0 Å². The number of aromatic nitrogens is 3. The van der Waals surface area contributed by atoms with Crippen LogP contribution in [-0.2, 0) is 0 Å². The molecule has 1 aromatic carbocycles. The predicted octanol–water partition coefficient (Wildman–Crippen LogP) is 3.81. The van der Waals surface area contributed by atoms with E-state index in [2.05, 4.69) is 25.9 Å². The molecule has 0 bridgehead atoms.